The van der Waals surface area contributed by atoms with E-state index in [1.54, 1.807) is 23.1 Å². The second kappa shape index (κ2) is 15.7. The van der Waals surface area contributed by atoms with Crippen LogP contribution in [0.2, 0.25) is 0 Å². The lowest BCUT2D eigenvalue weighted by Crippen LogP contribution is -2.38. The van der Waals surface area contributed by atoms with Gasteiger partial charge in [0, 0.05) is 30.3 Å². The van der Waals surface area contributed by atoms with E-state index in [1.165, 1.54) is 0 Å². The smallest absolute Gasteiger partial charge is 0.315 e. The Labute approximate surface area is 283 Å². The van der Waals surface area contributed by atoms with E-state index in [-0.39, 0.29) is 30.8 Å². The molecule has 1 aliphatic heterocycles. The molecule has 4 atom stereocenters. The molecule has 5 aromatic rings. The minimum absolute atomic E-state index is 0.000858. The van der Waals surface area contributed by atoms with Crippen LogP contribution in [0, 0.1) is 12.8 Å². The number of hydrogen-bond donors (Lipinski definition) is 3. The molecule has 0 unspecified atom stereocenters. The second-order valence-corrected chi connectivity index (χ2v) is 14.0. The summed E-state index contributed by atoms with van der Waals surface area (Å²) in [5.41, 5.74) is 6.95. The number of carbonyl (C=O) groups is 1. The van der Waals surface area contributed by atoms with E-state index in [9.17, 15) is 9.90 Å². The molecule has 1 fully saturated rings. The minimum atomic E-state index is -0.575. The fraction of sp³-hybridized carbons (Fsp3) is 0.270. The van der Waals surface area contributed by atoms with Crippen LogP contribution < -0.4 is 10.6 Å². The summed E-state index contributed by atoms with van der Waals surface area (Å²) in [6.45, 7) is 5.00. The monoisotopic (exact) mass is 666 g/mol. The van der Waals surface area contributed by atoms with Crippen molar-refractivity contribution in [3.63, 3.8) is 0 Å². The molecule has 6 rings (SSSR count). The molecule has 1 saturated heterocycles. The molecule has 0 aliphatic carbocycles. The molecule has 0 saturated carbocycles. The predicted octanol–water partition coefficient (Wildman–Crippen LogP) is 7.59. The number of aryl methyl sites for hydroxylation is 1. The molecule has 0 radical (unpaired) electrons. The zero-order valence-corrected chi connectivity index (χ0v) is 28.0. The minimum Gasteiger partial charge on any atom is -0.392 e. The van der Waals surface area contributed by atoms with Crippen LogP contribution in [-0.2, 0) is 29.2 Å². The molecule has 8 nitrogen and oxygen atoms in total. The van der Waals surface area contributed by atoms with Crippen LogP contribution in [0.5, 0.6) is 0 Å². The van der Waals surface area contributed by atoms with Gasteiger partial charge in [0.25, 0.3) is 0 Å². The van der Waals surface area contributed by atoms with Gasteiger partial charge < -0.3 is 25.2 Å². The summed E-state index contributed by atoms with van der Waals surface area (Å²) in [7, 11) is 0. The third-order valence-corrected chi connectivity index (χ3v) is 10.2. The Morgan fingerprint density at radius 3 is 2.23 bits per heavy atom. The highest BCUT2D eigenvalue weighted by Crippen LogP contribution is 2.43. The van der Waals surface area contributed by atoms with Crippen molar-refractivity contribution < 1.29 is 19.4 Å². The molecular weight excluding hydrogens is 629 g/mol. The number of thioether (sulfide) groups is 1. The van der Waals surface area contributed by atoms with Gasteiger partial charge in [0.2, 0.25) is 0 Å². The fourth-order valence-corrected chi connectivity index (χ4v) is 7.55. The van der Waals surface area contributed by atoms with Gasteiger partial charge in [-0.1, -0.05) is 121 Å². The van der Waals surface area contributed by atoms with Gasteiger partial charge >= 0.3 is 6.03 Å². The third-order valence-electron chi connectivity index (χ3n) is 8.17. The van der Waals surface area contributed by atoms with Crippen molar-refractivity contribution in [2.75, 3.05) is 5.75 Å². The molecule has 3 N–H and O–H groups in total. The van der Waals surface area contributed by atoms with Crippen molar-refractivity contribution in [3.8, 4) is 11.1 Å². The quantitative estimate of drug-likeness (QED) is 0.125. The van der Waals surface area contributed by atoms with E-state index < -0.39 is 6.29 Å². The summed E-state index contributed by atoms with van der Waals surface area (Å²) < 4.78 is 14.3. The van der Waals surface area contributed by atoms with Gasteiger partial charge in [0.05, 0.1) is 18.8 Å². The first-order valence-corrected chi connectivity index (χ1v) is 17.4. The number of aromatic nitrogens is 2. The number of rotatable bonds is 11. The van der Waals surface area contributed by atoms with Crippen molar-refractivity contribution in [2.45, 2.75) is 56.4 Å². The standard InChI is InChI=1S/C37H38N4O4S2/c1-24-33(23-46-37-41-40-25(2)47-37)44-35(45-34(24)29-16-14-27(22-42)15-17-29)32-13-7-12-31(19-32)30-11-6-10-28(18-30)21-39-36(43)38-20-26-8-4-3-5-9-26/h3-19,24,33-35,42H,20-23H2,1-2H3,(H2,38,39,43)/t24-,33+,34+,35+/m1/s1. The van der Waals surface area contributed by atoms with E-state index >= 15 is 0 Å². The van der Waals surface area contributed by atoms with Gasteiger partial charge in [-0.05, 0) is 52.4 Å². The summed E-state index contributed by atoms with van der Waals surface area (Å²) in [5.74, 6) is 0.791. The highest BCUT2D eigenvalue weighted by molar-refractivity contribution is 8.01. The molecule has 242 valence electrons. The number of benzene rings is 4. The number of aliphatic hydroxyl groups is 1. The average Bonchev–Trinajstić information content (AvgIpc) is 3.54. The van der Waals surface area contributed by atoms with E-state index in [2.05, 4.69) is 52.0 Å². The lowest BCUT2D eigenvalue weighted by molar-refractivity contribution is -0.268. The molecule has 2 heterocycles. The lowest BCUT2D eigenvalue weighted by Gasteiger charge is -2.41. The molecule has 10 heteroatoms. The Balaban J connectivity index is 1.17. The third kappa shape index (κ3) is 8.65. The first kappa shape index (κ1) is 32.9. The van der Waals surface area contributed by atoms with Gasteiger partial charge in [-0.15, -0.1) is 10.2 Å². The average molecular weight is 667 g/mol. The Hall–Kier alpha value is -4.06. The normalized spacial score (nSPS) is 19.3. The first-order valence-electron chi connectivity index (χ1n) is 15.6. The lowest BCUT2D eigenvalue weighted by atomic mass is 9.91. The topological polar surface area (TPSA) is 106 Å². The molecule has 1 aromatic heterocycles. The van der Waals surface area contributed by atoms with Crippen molar-refractivity contribution in [1.29, 1.82) is 0 Å². The van der Waals surface area contributed by atoms with Crippen molar-refractivity contribution in [3.05, 3.63) is 136 Å². The molecule has 0 spiro atoms. The molecule has 1 aliphatic rings. The fourth-order valence-electron chi connectivity index (χ4n) is 5.55. The number of ether oxygens (including phenoxy) is 2. The van der Waals surface area contributed by atoms with Crippen LogP contribution in [0.3, 0.4) is 0 Å². The number of carbonyl (C=O) groups excluding carboxylic acids is 1. The summed E-state index contributed by atoms with van der Waals surface area (Å²) in [4.78, 5) is 12.4. The zero-order valence-electron chi connectivity index (χ0n) is 26.3. The van der Waals surface area contributed by atoms with E-state index in [0.717, 1.165) is 48.3 Å². The van der Waals surface area contributed by atoms with Crippen molar-refractivity contribution in [2.24, 2.45) is 5.92 Å². The Morgan fingerprint density at radius 2 is 1.51 bits per heavy atom. The van der Waals surface area contributed by atoms with Crippen LogP contribution in [0.1, 0.15) is 52.1 Å². The molecule has 2 amide bonds. The van der Waals surface area contributed by atoms with Crippen LogP contribution in [0.4, 0.5) is 4.79 Å². The van der Waals surface area contributed by atoms with Gasteiger partial charge in [-0.3, -0.25) is 0 Å². The number of amides is 2. The summed E-state index contributed by atoms with van der Waals surface area (Å²) >= 11 is 3.25. The molecular formula is C37H38N4O4S2. The molecule has 0 bridgehead atoms. The van der Waals surface area contributed by atoms with E-state index in [0.29, 0.717) is 18.8 Å². The molecule has 47 heavy (non-hydrogen) atoms. The predicted molar refractivity (Wildman–Crippen MR) is 186 cm³/mol. The van der Waals surface area contributed by atoms with Gasteiger partial charge in [0.1, 0.15) is 5.01 Å². The van der Waals surface area contributed by atoms with Crippen LogP contribution in [0.25, 0.3) is 11.1 Å². The SMILES string of the molecule is Cc1nnc(SC[C@@H]2O[C@H](c3cccc(-c4cccc(CNC(=O)NCc5ccccc5)c4)c3)O[C@H](c3ccc(CO)cc3)[C@@H]2C)s1. The maximum absolute atomic E-state index is 12.4. The Morgan fingerprint density at radius 1 is 0.809 bits per heavy atom. The zero-order chi connectivity index (χ0) is 32.6. The largest absolute Gasteiger partial charge is 0.392 e. The van der Waals surface area contributed by atoms with Crippen LogP contribution in [-0.4, -0.2) is 33.2 Å². The van der Waals surface area contributed by atoms with Gasteiger partial charge in [0.15, 0.2) is 10.6 Å². The number of aliphatic hydroxyl groups excluding tert-OH is 1. The molecule has 4 aromatic carbocycles. The maximum Gasteiger partial charge on any atom is 0.315 e. The first-order chi connectivity index (χ1) is 22.9. The number of nitrogens with one attached hydrogen (secondary N) is 2. The van der Waals surface area contributed by atoms with Crippen molar-refractivity contribution >= 4 is 29.1 Å². The van der Waals surface area contributed by atoms with E-state index in [4.69, 9.17) is 9.47 Å². The Bertz CT molecular complexity index is 1770. The van der Waals surface area contributed by atoms with Gasteiger partial charge in [-0.25, -0.2) is 4.79 Å². The van der Waals surface area contributed by atoms with Crippen LogP contribution in [0.15, 0.2) is 107 Å². The summed E-state index contributed by atoms with van der Waals surface area (Å²) in [5, 5.41) is 24.8. The Kier molecular flexibility index (Phi) is 11.0. The van der Waals surface area contributed by atoms with Gasteiger partial charge in [-0.2, -0.15) is 0 Å². The number of nitrogens with zero attached hydrogens (tertiary/aromatic N) is 2. The highest BCUT2D eigenvalue weighted by Gasteiger charge is 2.38. The number of hydrogen-bond acceptors (Lipinski definition) is 8. The second-order valence-electron chi connectivity index (χ2n) is 11.6. The summed E-state index contributed by atoms with van der Waals surface area (Å²) in [6.07, 6.45) is -0.875. The van der Waals surface area contributed by atoms with Crippen molar-refractivity contribution in [1.82, 2.24) is 20.8 Å². The maximum atomic E-state index is 12.4. The van der Waals surface area contributed by atoms with Crippen LogP contribution >= 0.6 is 23.1 Å². The highest BCUT2D eigenvalue weighted by atomic mass is 32.2. The van der Waals surface area contributed by atoms with E-state index in [1.807, 2.05) is 85.8 Å². The summed E-state index contributed by atoms with van der Waals surface area (Å²) in [6, 6.07) is 34.0. The number of urea groups is 1.